The zero-order chi connectivity index (χ0) is 50.4. The van der Waals surface area contributed by atoms with Crippen LogP contribution in [0.5, 0.6) is 0 Å². The fourth-order valence-corrected chi connectivity index (χ4v) is 12.1. The lowest BCUT2D eigenvalue weighted by atomic mass is 9.83. The maximum Gasteiger partial charge on any atom is 0.188 e. The maximum absolute atomic E-state index is 10.1. The summed E-state index contributed by atoms with van der Waals surface area (Å²) in [7, 11) is 0. The van der Waals surface area contributed by atoms with Crippen molar-refractivity contribution in [1.29, 1.82) is 5.26 Å². The van der Waals surface area contributed by atoms with E-state index in [0.29, 0.717) is 11.3 Å². The highest BCUT2D eigenvalue weighted by Crippen LogP contribution is 2.48. The molecule has 0 atom stereocenters. The quantitative estimate of drug-likeness (QED) is 0.121. The van der Waals surface area contributed by atoms with Crippen LogP contribution in [0.3, 0.4) is 0 Å². The molecule has 0 aliphatic carbocycles. The molecule has 4 nitrogen and oxygen atoms in total. The molecular formula is C72H42N4. The van der Waals surface area contributed by atoms with Crippen LogP contribution in [0.25, 0.3) is 147 Å². The lowest BCUT2D eigenvalue weighted by Gasteiger charge is -2.20. The summed E-state index contributed by atoms with van der Waals surface area (Å²) in [5.41, 5.74) is 16.8. The van der Waals surface area contributed by atoms with E-state index in [2.05, 4.69) is 238 Å². The number of benzene rings is 13. The predicted octanol–water partition coefficient (Wildman–Crippen LogP) is 19.6. The molecular weight excluding hydrogens is 921 g/mol. The third kappa shape index (κ3) is 6.76. The average Bonchev–Trinajstić information content (AvgIpc) is 4.07. The van der Waals surface area contributed by atoms with Crippen molar-refractivity contribution in [2.45, 2.75) is 0 Å². The van der Waals surface area contributed by atoms with E-state index in [-0.39, 0.29) is 0 Å². The van der Waals surface area contributed by atoms with Gasteiger partial charge in [0.15, 0.2) is 5.69 Å². The fourth-order valence-electron chi connectivity index (χ4n) is 12.1. The van der Waals surface area contributed by atoms with Crippen LogP contribution in [0.2, 0.25) is 0 Å². The van der Waals surface area contributed by atoms with Crippen molar-refractivity contribution in [2.75, 3.05) is 0 Å². The summed E-state index contributed by atoms with van der Waals surface area (Å²) in [5, 5.41) is 23.8. The molecule has 0 spiro atoms. The summed E-state index contributed by atoms with van der Waals surface area (Å²) in [6.45, 7) is 7.92. The van der Waals surface area contributed by atoms with Gasteiger partial charge in [-0.15, -0.1) is 0 Å². The van der Waals surface area contributed by atoms with Crippen molar-refractivity contribution in [3.05, 3.63) is 272 Å². The molecule has 0 radical (unpaired) electrons. The van der Waals surface area contributed by atoms with E-state index in [4.69, 9.17) is 6.57 Å². The van der Waals surface area contributed by atoms with E-state index in [1.54, 1.807) is 0 Å². The zero-order valence-electron chi connectivity index (χ0n) is 41.0. The summed E-state index contributed by atoms with van der Waals surface area (Å²) < 4.78 is 4.61. The molecule has 2 heterocycles. The van der Waals surface area contributed by atoms with E-state index in [0.717, 1.165) is 88.4 Å². The molecule has 4 heteroatoms. The topological polar surface area (TPSA) is 38.0 Å². The number of aromatic nitrogens is 2. The van der Waals surface area contributed by atoms with Gasteiger partial charge in [0, 0.05) is 27.5 Å². The molecule has 0 unspecified atom stereocenters. The van der Waals surface area contributed by atoms with Gasteiger partial charge < -0.3 is 9.13 Å². The zero-order valence-corrected chi connectivity index (χ0v) is 41.0. The first-order chi connectivity index (χ1) is 37.6. The minimum Gasteiger partial charge on any atom is -0.309 e. The third-order valence-corrected chi connectivity index (χ3v) is 15.7. The Hall–Kier alpha value is -10.5. The molecule has 0 fully saturated rings. The first-order valence-corrected chi connectivity index (χ1v) is 25.6. The van der Waals surface area contributed by atoms with Crippen molar-refractivity contribution in [3.63, 3.8) is 0 Å². The lowest BCUT2D eigenvalue weighted by molar-refractivity contribution is 1.18. The molecule has 0 saturated heterocycles. The molecule has 2 aromatic heterocycles. The van der Waals surface area contributed by atoms with Gasteiger partial charge >= 0.3 is 0 Å². The highest BCUT2D eigenvalue weighted by Gasteiger charge is 2.22. The molecule has 0 aliphatic heterocycles. The Kier molecular flexibility index (Phi) is 9.66. The fraction of sp³-hybridized carbons (Fsp3) is 0. The highest BCUT2D eigenvalue weighted by molar-refractivity contribution is 6.24. The molecule has 0 bridgehead atoms. The molecule has 0 aliphatic rings. The van der Waals surface area contributed by atoms with Gasteiger partial charge in [-0.3, -0.25) is 0 Å². The molecule has 76 heavy (non-hydrogen) atoms. The summed E-state index contributed by atoms with van der Waals surface area (Å²) >= 11 is 0. The standard InChI is InChI=1S/C72H42N4/c1-74-56-29-35-70-64(43-56)63-40-53(28-34-69(63)76(70)58-18-6-3-7-19-58)51-26-31-60-66(42-51)72(55-24-22-47-13-9-11-15-49(47)38-55)59-30-25-50(41-65(59)71(60)54-23-21-46-12-8-10-14-48(46)37-54)52-27-33-68-62(39-52)61-36-45(44-73)20-32-67(61)75(68)57-16-4-2-5-17-57/h2-43H. The number of fused-ring (bicyclic) bond motifs is 10. The lowest BCUT2D eigenvalue weighted by Crippen LogP contribution is -1.94. The number of hydrogen-bond donors (Lipinski definition) is 0. The Morgan fingerprint density at radius 3 is 1.16 bits per heavy atom. The Morgan fingerprint density at radius 1 is 0.303 bits per heavy atom. The maximum atomic E-state index is 10.1. The van der Waals surface area contributed by atoms with Crippen molar-refractivity contribution >= 4 is 92.4 Å². The normalized spacial score (nSPS) is 11.7. The summed E-state index contributed by atoms with van der Waals surface area (Å²) in [6.07, 6.45) is 0. The van der Waals surface area contributed by atoms with Crippen molar-refractivity contribution in [1.82, 2.24) is 9.13 Å². The number of rotatable bonds is 6. The van der Waals surface area contributed by atoms with Crippen LogP contribution >= 0.6 is 0 Å². The molecule has 13 aromatic carbocycles. The van der Waals surface area contributed by atoms with Gasteiger partial charge in [-0.1, -0.05) is 152 Å². The first kappa shape index (κ1) is 43.1. The molecule has 15 aromatic rings. The van der Waals surface area contributed by atoms with Crippen molar-refractivity contribution < 1.29 is 0 Å². The average molecular weight is 963 g/mol. The van der Waals surface area contributed by atoms with E-state index in [1.165, 1.54) is 54.2 Å². The number of nitrogens with zero attached hydrogens (tertiary/aromatic N) is 4. The number of para-hydroxylation sites is 2. The number of nitriles is 1. The summed E-state index contributed by atoms with van der Waals surface area (Å²) in [5.74, 6) is 0. The van der Waals surface area contributed by atoms with Gasteiger partial charge in [0.25, 0.3) is 0 Å². The number of hydrogen-bond acceptors (Lipinski definition) is 1. The van der Waals surface area contributed by atoms with Gasteiger partial charge in [0.2, 0.25) is 0 Å². The predicted molar refractivity (Wildman–Crippen MR) is 318 cm³/mol. The Balaban J connectivity index is 1.01. The monoisotopic (exact) mass is 962 g/mol. The molecule has 0 saturated carbocycles. The van der Waals surface area contributed by atoms with Gasteiger partial charge in [-0.25, -0.2) is 4.85 Å². The second kappa shape index (κ2) is 17.0. The van der Waals surface area contributed by atoms with Crippen molar-refractivity contribution in [2.24, 2.45) is 0 Å². The third-order valence-electron chi connectivity index (χ3n) is 15.7. The van der Waals surface area contributed by atoms with E-state index < -0.39 is 0 Å². The van der Waals surface area contributed by atoms with Crippen LogP contribution in [0.15, 0.2) is 255 Å². The van der Waals surface area contributed by atoms with Crippen LogP contribution in [0, 0.1) is 17.9 Å². The highest BCUT2D eigenvalue weighted by atomic mass is 15.0. The van der Waals surface area contributed by atoms with Gasteiger partial charge in [0.1, 0.15) is 0 Å². The SMILES string of the molecule is [C-]#[N+]c1ccc2c(c1)c1cc(-c3ccc4c(-c5ccc6ccccc6c5)c5cc(-c6ccc7c(c6)c6cc(C#N)ccc6n7-c6ccccc6)ccc5c(-c5ccc6ccccc6c5)c4c3)ccc1n2-c1ccccc1. The minimum absolute atomic E-state index is 0.623. The smallest absolute Gasteiger partial charge is 0.188 e. The minimum atomic E-state index is 0.623. The van der Waals surface area contributed by atoms with E-state index in [1.807, 2.05) is 36.4 Å². The van der Waals surface area contributed by atoms with Crippen LogP contribution in [0.4, 0.5) is 5.69 Å². The Labute approximate surface area is 438 Å². The largest absolute Gasteiger partial charge is 0.309 e. The summed E-state index contributed by atoms with van der Waals surface area (Å²) in [6, 6.07) is 94.1. The van der Waals surface area contributed by atoms with E-state index >= 15 is 0 Å². The second-order valence-electron chi connectivity index (χ2n) is 19.9. The Bertz CT molecular complexity index is 4690. The molecule has 350 valence electrons. The van der Waals surface area contributed by atoms with Crippen LogP contribution < -0.4 is 0 Å². The van der Waals surface area contributed by atoms with Crippen LogP contribution in [-0.2, 0) is 0 Å². The molecule has 0 amide bonds. The van der Waals surface area contributed by atoms with Crippen LogP contribution in [0.1, 0.15) is 5.56 Å². The van der Waals surface area contributed by atoms with Gasteiger partial charge in [0.05, 0.1) is 40.3 Å². The summed E-state index contributed by atoms with van der Waals surface area (Å²) in [4.78, 5) is 3.85. The van der Waals surface area contributed by atoms with Crippen molar-refractivity contribution in [3.8, 4) is 62.0 Å². The first-order valence-electron chi connectivity index (χ1n) is 25.6. The Morgan fingerprint density at radius 2 is 0.684 bits per heavy atom. The second-order valence-corrected chi connectivity index (χ2v) is 19.9. The van der Waals surface area contributed by atoms with E-state index in [9.17, 15) is 5.26 Å². The molecule has 15 rings (SSSR count). The van der Waals surface area contributed by atoms with Gasteiger partial charge in [-0.2, -0.15) is 5.26 Å². The van der Waals surface area contributed by atoms with Crippen LogP contribution in [-0.4, -0.2) is 9.13 Å². The van der Waals surface area contributed by atoms with Gasteiger partial charge in [-0.05, 0) is 196 Å². The molecule has 0 N–H and O–H groups in total.